The first-order chi connectivity index (χ1) is 23.1. The first-order valence-electron chi connectivity index (χ1n) is 15.8. The van der Waals surface area contributed by atoms with Crippen molar-refractivity contribution in [3.63, 3.8) is 0 Å². The summed E-state index contributed by atoms with van der Waals surface area (Å²) in [7, 11) is 2.77. The number of methoxy groups -OCH3 is 3. The van der Waals surface area contributed by atoms with Crippen molar-refractivity contribution in [2.45, 2.75) is 44.7 Å². The zero-order valence-corrected chi connectivity index (χ0v) is 28.0. The standard InChI is InChI=1S/C37H44BN3O7/c1-24(2)34(37(43)40-33(38(44)45)22-25-13-8-6-9-14-25)41-36(42)30(19-26-20-31(46-3)35(48-5)32(21-26)47-4)39-29-18-12-17-28(23-29)27-15-10-7-11-16-27/h6-18,20-21,23-24,30,33-34,39,44-45H,19,22H2,1-5H3,(H,40,43)(H,41,42)/t30-,33+,34-/m0/s1. The zero-order valence-electron chi connectivity index (χ0n) is 28.0. The van der Waals surface area contributed by atoms with Crippen LogP contribution in [-0.4, -0.2) is 68.3 Å². The fourth-order valence-electron chi connectivity index (χ4n) is 5.48. The highest BCUT2D eigenvalue weighted by Gasteiger charge is 2.33. The van der Waals surface area contributed by atoms with Crippen LogP contribution < -0.4 is 30.2 Å². The van der Waals surface area contributed by atoms with Gasteiger partial charge in [-0.25, -0.2) is 0 Å². The molecule has 0 saturated carbocycles. The molecule has 252 valence electrons. The molecule has 2 amide bonds. The van der Waals surface area contributed by atoms with Crippen molar-refractivity contribution in [3.8, 4) is 28.4 Å². The number of amides is 2. The van der Waals surface area contributed by atoms with Crippen molar-refractivity contribution in [2.24, 2.45) is 5.92 Å². The molecule has 0 bridgehead atoms. The lowest BCUT2D eigenvalue weighted by atomic mass is 9.75. The van der Waals surface area contributed by atoms with Crippen molar-refractivity contribution in [1.29, 1.82) is 0 Å². The summed E-state index contributed by atoms with van der Waals surface area (Å²) >= 11 is 0. The smallest absolute Gasteiger partial charge is 0.475 e. The first kappa shape index (κ1) is 35.9. The van der Waals surface area contributed by atoms with Gasteiger partial charge in [-0.3, -0.25) is 9.59 Å². The third-order valence-electron chi connectivity index (χ3n) is 8.02. The van der Waals surface area contributed by atoms with Crippen LogP contribution in [-0.2, 0) is 22.4 Å². The first-order valence-corrected chi connectivity index (χ1v) is 15.8. The summed E-state index contributed by atoms with van der Waals surface area (Å²) in [5.41, 5.74) is 4.26. The second-order valence-electron chi connectivity index (χ2n) is 11.8. The van der Waals surface area contributed by atoms with Gasteiger partial charge in [0.25, 0.3) is 0 Å². The Bertz CT molecular complexity index is 1610. The lowest BCUT2D eigenvalue weighted by Crippen LogP contribution is -2.58. The van der Waals surface area contributed by atoms with Crippen LogP contribution in [0.15, 0.2) is 97.1 Å². The van der Waals surface area contributed by atoms with Crippen molar-refractivity contribution in [2.75, 3.05) is 26.6 Å². The lowest BCUT2D eigenvalue weighted by Gasteiger charge is -2.28. The maximum Gasteiger partial charge on any atom is 0.475 e. The molecule has 5 N–H and O–H groups in total. The van der Waals surface area contributed by atoms with Crippen LogP contribution in [0.2, 0.25) is 0 Å². The predicted molar refractivity (Wildman–Crippen MR) is 188 cm³/mol. The van der Waals surface area contributed by atoms with Gasteiger partial charge in [-0.05, 0) is 58.9 Å². The zero-order chi connectivity index (χ0) is 34.6. The van der Waals surface area contributed by atoms with Gasteiger partial charge < -0.3 is 40.2 Å². The van der Waals surface area contributed by atoms with Gasteiger partial charge in [0, 0.05) is 12.1 Å². The molecule has 0 saturated heterocycles. The SMILES string of the molecule is COc1cc(C[C@H](Nc2cccc(-c3ccccc3)c2)C(=O)N[C@H](C(=O)N[C@H](Cc2ccccc2)B(O)O)C(C)C)cc(OC)c1OC. The van der Waals surface area contributed by atoms with Crippen LogP contribution in [0.4, 0.5) is 5.69 Å². The Hall–Kier alpha value is -5.00. The molecule has 4 aromatic rings. The fraction of sp³-hybridized carbons (Fsp3) is 0.297. The fourth-order valence-corrected chi connectivity index (χ4v) is 5.48. The molecule has 0 aliphatic carbocycles. The van der Waals surface area contributed by atoms with Gasteiger partial charge in [0.15, 0.2) is 11.5 Å². The van der Waals surface area contributed by atoms with Gasteiger partial charge in [0.2, 0.25) is 17.6 Å². The summed E-state index contributed by atoms with van der Waals surface area (Å²) in [6.45, 7) is 3.63. The van der Waals surface area contributed by atoms with E-state index in [-0.39, 0.29) is 18.8 Å². The number of hydrogen-bond acceptors (Lipinski definition) is 8. The Kier molecular flexibility index (Phi) is 12.9. The average Bonchev–Trinajstić information content (AvgIpc) is 3.10. The molecule has 4 aromatic carbocycles. The molecule has 3 atom stereocenters. The van der Waals surface area contributed by atoms with Crippen LogP contribution in [0, 0.1) is 5.92 Å². The quantitative estimate of drug-likeness (QED) is 0.113. The molecule has 11 heteroatoms. The number of carbonyl (C=O) groups is 2. The summed E-state index contributed by atoms with van der Waals surface area (Å²) in [4.78, 5) is 27.7. The second kappa shape index (κ2) is 17.2. The minimum atomic E-state index is -1.80. The second-order valence-corrected chi connectivity index (χ2v) is 11.8. The van der Waals surface area contributed by atoms with Gasteiger partial charge in [0.05, 0.1) is 27.3 Å². The molecule has 0 radical (unpaired) electrons. The predicted octanol–water partition coefficient (Wildman–Crippen LogP) is 4.28. The van der Waals surface area contributed by atoms with E-state index in [9.17, 15) is 19.6 Å². The van der Waals surface area contributed by atoms with E-state index >= 15 is 0 Å². The molecule has 0 fully saturated rings. The molecular weight excluding hydrogens is 609 g/mol. The Balaban J connectivity index is 1.62. The highest BCUT2D eigenvalue weighted by molar-refractivity contribution is 6.43. The topological polar surface area (TPSA) is 138 Å². The molecule has 0 aliphatic heterocycles. The molecular formula is C37H44BN3O7. The van der Waals surface area contributed by atoms with E-state index in [2.05, 4.69) is 16.0 Å². The molecule has 0 aromatic heterocycles. The van der Waals surface area contributed by atoms with E-state index in [4.69, 9.17) is 14.2 Å². The largest absolute Gasteiger partial charge is 0.493 e. The third kappa shape index (κ3) is 9.52. The summed E-state index contributed by atoms with van der Waals surface area (Å²) in [5, 5.41) is 29.2. The lowest BCUT2D eigenvalue weighted by molar-refractivity contribution is -0.130. The van der Waals surface area contributed by atoms with Gasteiger partial charge in [-0.15, -0.1) is 0 Å². The Morgan fingerprint density at radius 1 is 0.688 bits per heavy atom. The number of rotatable bonds is 16. The molecule has 10 nitrogen and oxygen atoms in total. The van der Waals surface area contributed by atoms with Crippen LogP contribution in [0.25, 0.3) is 11.1 Å². The van der Waals surface area contributed by atoms with E-state index in [1.807, 2.05) is 98.8 Å². The molecule has 0 spiro atoms. The summed E-state index contributed by atoms with van der Waals surface area (Å²) in [6.07, 6.45) is 0.405. The number of ether oxygens (including phenoxy) is 3. The van der Waals surface area contributed by atoms with Crippen LogP contribution in [0.3, 0.4) is 0 Å². The van der Waals surface area contributed by atoms with Gasteiger partial charge in [0.1, 0.15) is 12.1 Å². The maximum atomic E-state index is 14.1. The average molecular weight is 654 g/mol. The number of carbonyl (C=O) groups excluding carboxylic acids is 2. The number of benzene rings is 4. The number of anilines is 1. The molecule has 0 heterocycles. The maximum absolute atomic E-state index is 14.1. The van der Waals surface area contributed by atoms with E-state index in [1.54, 1.807) is 12.1 Å². The Morgan fingerprint density at radius 3 is 1.85 bits per heavy atom. The van der Waals surface area contributed by atoms with Crippen LogP contribution >= 0.6 is 0 Å². The van der Waals surface area contributed by atoms with Crippen LogP contribution in [0.1, 0.15) is 25.0 Å². The van der Waals surface area contributed by atoms with Gasteiger partial charge in [-0.1, -0.05) is 86.6 Å². The van der Waals surface area contributed by atoms with Crippen molar-refractivity contribution < 1.29 is 33.8 Å². The minimum absolute atomic E-state index is 0.200. The highest BCUT2D eigenvalue weighted by Crippen LogP contribution is 2.38. The Labute approximate surface area is 282 Å². The van der Waals surface area contributed by atoms with Gasteiger partial charge >= 0.3 is 7.12 Å². The Morgan fingerprint density at radius 2 is 1.29 bits per heavy atom. The van der Waals surface area contributed by atoms with E-state index in [1.165, 1.54) is 21.3 Å². The van der Waals surface area contributed by atoms with Gasteiger partial charge in [-0.2, -0.15) is 0 Å². The molecule has 0 unspecified atom stereocenters. The van der Waals surface area contributed by atoms with E-state index < -0.39 is 37.0 Å². The van der Waals surface area contributed by atoms with Crippen molar-refractivity contribution in [1.82, 2.24) is 10.6 Å². The van der Waals surface area contributed by atoms with Crippen LogP contribution in [0.5, 0.6) is 17.2 Å². The monoisotopic (exact) mass is 653 g/mol. The number of hydrogen-bond donors (Lipinski definition) is 5. The summed E-state index contributed by atoms with van der Waals surface area (Å²) in [5.74, 6) is -0.915. The molecule has 0 aliphatic rings. The van der Waals surface area contributed by atoms with E-state index in [0.29, 0.717) is 22.9 Å². The van der Waals surface area contributed by atoms with Crippen molar-refractivity contribution in [3.05, 3.63) is 108 Å². The molecule has 4 rings (SSSR count). The van der Waals surface area contributed by atoms with Crippen molar-refractivity contribution >= 4 is 24.6 Å². The number of nitrogens with one attached hydrogen (secondary N) is 3. The minimum Gasteiger partial charge on any atom is -0.493 e. The van der Waals surface area contributed by atoms with E-state index in [0.717, 1.165) is 22.3 Å². The summed E-state index contributed by atoms with van der Waals surface area (Å²) in [6, 6.07) is 28.7. The third-order valence-corrected chi connectivity index (χ3v) is 8.02. The summed E-state index contributed by atoms with van der Waals surface area (Å²) < 4.78 is 16.6. The highest BCUT2D eigenvalue weighted by atomic mass is 16.5. The molecule has 48 heavy (non-hydrogen) atoms. The normalized spacial score (nSPS) is 12.8.